The summed E-state index contributed by atoms with van der Waals surface area (Å²) in [6, 6.07) is 23.7. The third-order valence-corrected chi connectivity index (χ3v) is 4.90. The Morgan fingerprint density at radius 1 is 0.900 bits per heavy atom. The number of aromatic nitrogens is 3. The molecule has 146 valence electrons. The fourth-order valence-corrected chi connectivity index (χ4v) is 3.37. The van der Waals surface area contributed by atoms with Gasteiger partial charge in [-0.25, -0.2) is 9.50 Å². The highest BCUT2D eigenvalue weighted by atomic mass is 16.5. The second-order valence-corrected chi connectivity index (χ2v) is 6.76. The van der Waals surface area contributed by atoms with Crippen LogP contribution in [0.3, 0.4) is 0 Å². The molecule has 3 aromatic carbocycles. The first-order valence-corrected chi connectivity index (χ1v) is 9.41. The zero-order chi connectivity index (χ0) is 20.5. The Morgan fingerprint density at radius 3 is 2.50 bits per heavy atom. The molecule has 2 heterocycles. The smallest absolute Gasteiger partial charge is 0.185 e. The first kappa shape index (κ1) is 17.8. The Balaban J connectivity index is 1.58. The molecule has 0 bridgehead atoms. The average Bonchev–Trinajstić information content (AvgIpc) is 3.12. The van der Waals surface area contributed by atoms with Crippen LogP contribution < -0.4 is 10.5 Å². The van der Waals surface area contributed by atoms with Crippen molar-refractivity contribution in [1.29, 1.82) is 0 Å². The summed E-state index contributed by atoms with van der Waals surface area (Å²) in [6.45, 7) is 0. The molecule has 0 saturated heterocycles. The first-order chi connectivity index (χ1) is 14.7. The van der Waals surface area contributed by atoms with Gasteiger partial charge in [-0.15, -0.1) is 10.2 Å². The Hall–Kier alpha value is -4.26. The van der Waals surface area contributed by atoms with Gasteiger partial charge in [0, 0.05) is 11.8 Å². The maximum atomic E-state index is 6.15. The molecule has 0 radical (unpaired) electrons. The molecule has 0 aliphatic carbocycles. The van der Waals surface area contributed by atoms with Gasteiger partial charge in [0.05, 0.1) is 18.5 Å². The molecule has 5 aromatic rings. The van der Waals surface area contributed by atoms with Gasteiger partial charge < -0.3 is 10.5 Å². The molecule has 5 rings (SSSR count). The van der Waals surface area contributed by atoms with Crippen LogP contribution in [0.1, 0.15) is 0 Å². The van der Waals surface area contributed by atoms with Crippen molar-refractivity contribution in [2.75, 3.05) is 12.8 Å². The molecule has 7 heteroatoms. The number of methoxy groups -OCH3 is 1. The Morgan fingerprint density at radius 2 is 1.70 bits per heavy atom. The Labute approximate surface area is 172 Å². The number of ether oxygens (including phenoxy) is 1. The number of benzene rings is 3. The van der Waals surface area contributed by atoms with Crippen LogP contribution in [0, 0.1) is 0 Å². The highest BCUT2D eigenvalue weighted by Crippen LogP contribution is 2.32. The molecule has 0 amide bonds. The lowest BCUT2D eigenvalue weighted by molar-refractivity contribution is 0.415. The average molecular weight is 394 g/mol. The fraction of sp³-hybridized carbons (Fsp3) is 0.0435. The van der Waals surface area contributed by atoms with Crippen LogP contribution in [0.2, 0.25) is 0 Å². The summed E-state index contributed by atoms with van der Waals surface area (Å²) in [5, 5.41) is 15.4. The van der Waals surface area contributed by atoms with E-state index in [9.17, 15) is 0 Å². The standard InChI is InChI=1S/C23H18N6O/c1-30-19-10-8-18(9-11-19)26-27-21-22(24)28-29-20(12-13-25-23(21)29)17-7-6-15-4-2-3-5-16(15)14-17/h2-14H,1H3,(H2,24,28). The summed E-state index contributed by atoms with van der Waals surface area (Å²) in [5.74, 6) is 1.03. The zero-order valence-electron chi connectivity index (χ0n) is 16.2. The van der Waals surface area contributed by atoms with Gasteiger partial charge in [0.2, 0.25) is 0 Å². The van der Waals surface area contributed by atoms with Crippen molar-refractivity contribution in [2.45, 2.75) is 0 Å². The molecule has 30 heavy (non-hydrogen) atoms. The lowest BCUT2D eigenvalue weighted by Gasteiger charge is -2.06. The third-order valence-electron chi connectivity index (χ3n) is 4.90. The number of nitrogens with two attached hydrogens (primary N) is 1. The molecule has 0 saturated carbocycles. The minimum Gasteiger partial charge on any atom is -0.497 e. The number of hydrogen-bond donors (Lipinski definition) is 1. The quantitative estimate of drug-likeness (QED) is 0.404. The molecule has 0 atom stereocenters. The topological polar surface area (TPSA) is 90.2 Å². The number of rotatable bonds is 4. The van der Waals surface area contributed by atoms with Crippen molar-refractivity contribution in [2.24, 2.45) is 10.2 Å². The summed E-state index contributed by atoms with van der Waals surface area (Å²) in [6.07, 6.45) is 1.73. The summed E-state index contributed by atoms with van der Waals surface area (Å²) >= 11 is 0. The number of azo groups is 1. The van der Waals surface area contributed by atoms with Gasteiger partial charge >= 0.3 is 0 Å². The third kappa shape index (κ3) is 3.12. The summed E-state index contributed by atoms with van der Waals surface area (Å²) < 4.78 is 6.87. The van der Waals surface area contributed by atoms with Crippen LogP contribution >= 0.6 is 0 Å². The van der Waals surface area contributed by atoms with E-state index in [4.69, 9.17) is 10.5 Å². The van der Waals surface area contributed by atoms with E-state index in [1.807, 2.05) is 42.5 Å². The molecular formula is C23H18N6O. The molecule has 0 aliphatic rings. The van der Waals surface area contributed by atoms with E-state index in [0.29, 0.717) is 17.0 Å². The van der Waals surface area contributed by atoms with Gasteiger partial charge in [0.15, 0.2) is 17.2 Å². The summed E-state index contributed by atoms with van der Waals surface area (Å²) in [4.78, 5) is 4.44. The number of nitrogen functional groups attached to an aromatic ring is 1. The summed E-state index contributed by atoms with van der Waals surface area (Å²) in [5.41, 5.74) is 9.72. The van der Waals surface area contributed by atoms with Crippen LogP contribution in [-0.4, -0.2) is 21.7 Å². The monoisotopic (exact) mass is 394 g/mol. The number of hydrogen-bond acceptors (Lipinski definition) is 6. The van der Waals surface area contributed by atoms with E-state index in [0.717, 1.165) is 22.4 Å². The Bertz CT molecular complexity index is 1390. The van der Waals surface area contributed by atoms with Crippen LogP contribution in [0.4, 0.5) is 17.2 Å². The number of nitrogens with zero attached hydrogens (tertiary/aromatic N) is 5. The van der Waals surface area contributed by atoms with E-state index >= 15 is 0 Å². The van der Waals surface area contributed by atoms with E-state index in [2.05, 4.69) is 50.6 Å². The van der Waals surface area contributed by atoms with Crippen molar-refractivity contribution in [1.82, 2.24) is 14.6 Å². The molecule has 0 spiro atoms. The van der Waals surface area contributed by atoms with Gasteiger partial charge in [-0.2, -0.15) is 5.11 Å². The lowest BCUT2D eigenvalue weighted by atomic mass is 10.1. The van der Waals surface area contributed by atoms with Gasteiger partial charge in [0.1, 0.15) is 5.75 Å². The van der Waals surface area contributed by atoms with Gasteiger partial charge in [-0.1, -0.05) is 36.4 Å². The normalized spacial score (nSPS) is 11.5. The van der Waals surface area contributed by atoms with Crippen LogP contribution in [-0.2, 0) is 0 Å². The van der Waals surface area contributed by atoms with Crippen molar-refractivity contribution >= 4 is 33.6 Å². The second kappa shape index (κ2) is 7.29. The molecule has 7 nitrogen and oxygen atoms in total. The van der Waals surface area contributed by atoms with Gasteiger partial charge in [-0.3, -0.25) is 0 Å². The van der Waals surface area contributed by atoms with Crippen molar-refractivity contribution in [3.63, 3.8) is 0 Å². The molecule has 0 unspecified atom stereocenters. The second-order valence-electron chi connectivity index (χ2n) is 6.76. The van der Waals surface area contributed by atoms with Crippen molar-refractivity contribution in [3.8, 4) is 17.0 Å². The van der Waals surface area contributed by atoms with Gasteiger partial charge in [0.25, 0.3) is 0 Å². The number of fused-ring (bicyclic) bond motifs is 2. The predicted octanol–water partition coefficient (Wildman–Crippen LogP) is 5.56. The van der Waals surface area contributed by atoms with Crippen LogP contribution in [0.15, 0.2) is 89.2 Å². The molecule has 0 aliphatic heterocycles. The maximum absolute atomic E-state index is 6.15. The first-order valence-electron chi connectivity index (χ1n) is 9.41. The fourth-order valence-electron chi connectivity index (χ4n) is 3.37. The zero-order valence-corrected chi connectivity index (χ0v) is 16.2. The minimum atomic E-state index is 0.271. The highest BCUT2D eigenvalue weighted by Gasteiger charge is 2.15. The summed E-state index contributed by atoms with van der Waals surface area (Å²) in [7, 11) is 1.62. The van der Waals surface area contributed by atoms with E-state index in [-0.39, 0.29) is 5.82 Å². The largest absolute Gasteiger partial charge is 0.497 e. The predicted molar refractivity (Wildman–Crippen MR) is 118 cm³/mol. The van der Waals surface area contributed by atoms with Crippen LogP contribution in [0.25, 0.3) is 27.7 Å². The Kier molecular flexibility index (Phi) is 4.33. The van der Waals surface area contributed by atoms with E-state index < -0.39 is 0 Å². The molecular weight excluding hydrogens is 376 g/mol. The molecule has 0 fully saturated rings. The molecule has 2 aromatic heterocycles. The van der Waals surface area contributed by atoms with Crippen molar-refractivity contribution < 1.29 is 4.74 Å². The van der Waals surface area contributed by atoms with E-state index in [1.165, 1.54) is 5.39 Å². The van der Waals surface area contributed by atoms with E-state index in [1.54, 1.807) is 17.8 Å². The lowest BCUT2D eigenvalue weighted by Crippen LogP contribution is -1.96. The van der Waals surface area contributed by atoms with Crippen molar-refractivity contribution in [3.05, 3.63) is 79.0 Å². The van der Waals surface area contributed by atoms with Gasteiger partial charge in [-0.05, 0) is 47.2 Å². The highest BCUT2D eigenvalue weighted by molar-refractivity contribution is 5.87. The molecule has 2 N–H and O–H groups in total. The number of anilines is 1. The minimum absolute atomic E-state index is 0.271. The maximum Gasteiger partial charge on any atom is 0.185 e. The van der Waals surface area contributed by atoms with Crippen LogP contribution in [0.5, 0.6) is 5.75 Å². The SMILES string of the molecule is COc1ccc(N=Nc2c(N)nn3c(-c4ccc5ccccc5c4)ccnc23)cc1.